The van der Waals surface area contributed by atoms with E-state index < -0.39 is 33.0 Å². The Morgan fingerprint density at radius 1 is 1.14 bits per heavy atom. The first kappa shape index (κ1) is 19.5. The second-order valence-corrected chi connectivity index (χ2v) is 8.02. The first-order chi connectivity index (χ1) is 13.3. The highest BCUT2D eigenvalue weighted by Crippen LogP contribution is 2.35. The van der Waals surface area contributed by atoms with Gasteiger partial charge in [-0.05, 0) is 36.8 Å². The standard InChI is InChI=1S/C18H17N3O6S/c1-12-3-9-15(10-4-12)28(25,26)20-11-19-16(18(22)27-2)17(20)13-5-7-14(8-6-13)21(23)24/h3-11,16-17H,1-2H3/t16-,17+/m1/s1. The number of hydrogen-bond donors (Lipinski definition) is 0. The van der Waals surface area contributed by atoms with Crippen LogP contribution in [-0.4, -0.2) is 43.1 Å². The molecule has 0 fully saturated rings. The van der Waals surface area contributed by atoms with E-state index in [0.29, 0.717) is 5.56 Å². The quantitative estimate of drug-likeness (QED) is 0.429. The highest BCUT2D eigenvalue weighted by molar-refractivity contribution is 7.89. The minimum atomic E-state index is -4.01. The maximum atomic E-state index is 13.1. The van der Waals surface area contributed by atoms with Crippen molar-refractivity contribution in [2.24, 2.45) is 4.99 Å². The van der Waals surface area contributed by atoms with Crippen molar-refractivity contribution in [1.82, 2.24) is 4.31 Å². The smallest absolute Gasteiger partial charge is 0.333 e. The number of hydrogen-bond acceptors (Lipinski definition) is 7. The zero-order valence-corrected chi connectivity index (χ0v) is 15.9. The maximum absolute atomic E-state index is 13.1. The fourth-order valence-corrected chi connectivity index (χ4v) is 4.34. The normalized spacial score (nSPS) is 18.9. The Labute approximate surface area is 161 Å². The van der Waals surface area contributed by atoms with Crippen LogP contribution in [-0.2, 0) is 19.6 Å². The lowest BCUT2D eigenvalue weighted by atomic mass is 10.0. The van der Waals surface area contributed by atoms with Gasteiger partial charge in [0, 0.05) is 12.1 Å². The van der Waals surface area contributed by atoms with E-state index in [-0.39, 0.29) is 10.6 Å². The summed E-state index contributed by atoms with van der Waals surface area (Å²) in [5.41, 5.74) is 1.13. The van der Waals surface area contributed by atoms with E-state index in [1.54, 1.807) is 12.1 Å². The summed E-state index contributed by atoms with van der Waals surface area (Å²) in [5.74, 6) is -0.707. The maximum Gasteiger partial charge on any atom is 0.333 e. The molecular formula is C18H17N3O6S. The summed E-state index contributed by atoms with van der Waals surface area (Å²) in [6.07, 6.45) is 1.09. The molecule has 10 heteroatoms. The Morgan fingerprint density at radius 2 is 1.75 bits per heavy atom. The summed E-state index contributed by atoms with van der Waals surface area (Å²) in [7, 11) is -2.83. The monoisotopic (exact) mass is 403 g/mol. The van der Waals surface area contributed by atoms with Gasteiger partial charge in [-0.2, -0.15) is 0 Å². The Bertz CT molecular complexity index is 1030. The van der Waals surface area contributed by atoms with Gasteiger partial charge in [0.25, 0.3) is 15.7 Å². The van der Waals surface area contributed by atoms with Gasteiger partial charge < -0.3 is 4.74 Å². The van der Waals surface area contributed by atoms with Gasteiger partial charge in [0.15, 0.2) is 6.04 Å². The molecule has 9 nitrogen and oxygen atoms in total. The summed E-state index contributed by atoms with van der Waals surface area (Å²) in [6.45, 7) is 1.83. The number of non-ortho nitro benzene ring substituents is 1. The molecule has 0 bridgehead atoms. The Balaban J connectivity index is 2.06. The number of aryl methyl sites for hydroxylation is 1. The third-order valence-electron chi connectivity index (χ3n) is 4.40. The Kier molecular flexibility index (Phi) is 5.14. The van der Waals surface area contributed by atoms with Crippen molar-refractivity contribution < 1.29 is 22.9 Å². The van der Waals surface area contributed by atoms with Gasteiger partial charge in [0.1, 0.15) is 12.4 Å². The molecule has 0 aliphatic carbocycles. The summed E-state index contributed by atoms with van der Waals surface area (Å²) in [4.78, 5) is 26.6. The molecule has 28 heavy (non-hydrogen) atoms. The van der Waals surface area contributed by atoms with E-state index >= 15 is 0 Å². The van der Waals surface area contributed by atoms with Crippen LogP contribution in [0.15, 0.2) is 58.4 Å². The number of nitrogens with zero attached hydrogens (tertiary/aromatic N) is 3. The number of nitro benzene ring substituents is 1. The third kappa shape index (κ3) is 3.46. The first-order valence-corrected chi connectivity index (χ1v) is 9.65. The van der Waals surface area contributed by atoms with Gasteiger partial charge in [0.2, 0.25) is 0 Å². The van der Waals surface area contributed by atoms with Crippen molar-refractivity contribution in [2.45, 2.75) is 23.9 Å². The highest BCUT2D eigenvalue weighted by atomic mass is 32.2. The topological polar surface area (TPSA) is 119 Å². The minimum Gasteiger partial charge on any atom is -0.467 e. The molecule has 146 valence electrons. The average Bonchev–Trinajstić information content (AvgIpc) is 3.13. The number of methoxy groups -OCH3 is 1. The number of carbonyl (C=O) groups excluding carboxylic acids is 1. The lowest BCUT2D eigenvalue weighted by Gasteiger charge is -2.27. The van der Waals surface area contributed by atoms with Crippen molar-refractivity contribution in [3.63, 3.8) is 0 Å². The highest BCUT2D eigenvalue weighted by Gasteiger charge is 2.43. The average molecular weight is 403 g/mol. The molecule has 0 aromatic heterocycles. The molecule has 0 unspecified atom stereocenters. The van der Waals surface area contributed by atoms with E-state index in [1.165, 1.54) is 43.5 Å². The van der Waals surface area contributed by atoms with Gasteiger partial charge in [0.05, 0.1) is 16.9 Å². The molecule has 0 saturated carbocycles. The molecule has 2 aromatic carbocycles. The zero-order valence-electron chi connectivity index (χ0n) is 15.1. The van der Waals surface area contributed by atoms with Crippen LogP contribution in [0, 0.1) is 17.0 Å². The predicted octanol–water partition coefficient (Wildman–Crippen LogP) is 2.22. The van der Waals surface area contributed by atoms with Crippen molar-refractivity contribution in [1.29, 1.82) is 0 Å². The molecular weight excluding hydrogens is 386 g/mol. The van der Waals surface area contributed by atoms with Crippen molar-refractivity contribution in [3.05, 3.63) is 69.8 Å². The van der Waals surface area contributed by atoms with Crippen LogP contribution in [0.5, 0.6) is 0 Å². The number of ether oxygens (including phenoxy) is 1. The fourth-order valence-electron chi connectivity index (χ4n) is 2.91. The van der Waals surface area contributed by atoms with Crippen LogP contribution in [0.25, 0.3) is 0 Å². The van der Waals surface area contributed by atoms with Crippen molar-refractivity contribution in [2.75, 3.05) is 7.11 Å². The molecule has 1 aliphatic rings. The fraction of sp³-hybridized carbons (Fsp3) is 0.222. The molecule has 1 aliphatic heterocycles. The molecule has 1 heterocycles. The van der Waals surface area contributed by atoms with Crippen LogP contribution < -0.4 is 0 Å². The lowest BCUT2D eigenvalue weighted by molar-refractivity contribution is -0.384. The summed E-state index contributed by atoms with van der Waals surface area (Å²) >= 11 is 0. The van der Waals surface area contributed by atoms with Crippen molar-refractivity contribution >= 4 is 28.0 Å². The van der Waals surface area contributed by atoms with Gasteiger partial charge in [-0.15, -0.1) is 0 Å². The molecule has 0 saturated heterocycles. The Hall–Kier alpha value is -3.27. The molecule has 0 amide bonds. The number of carbonyl (C=O) groups is 1. The zero-order chi connectivity index (χ0) is 20.5. The molecule has 2 atom stereocenters. The van der Waals surface area contributed by atoms with E-state index in [4.69, 9.17) is 4.74 Å². The van der Waals surface area contributed by atoms with Crippen LogP contribution in [0.4, 0.5) is 5.69 Å². The summed E-state index contributed by atoms with van der Waals surface area (Å²) in [6, 6.07) is 9.45. The van der Waals surface area contributed by atoms with Crippen LogP contribution in [0.3, 0.4) is 0 Å². The molecule has 0 spiro atoms. The number of rotatable bonds is 5. The van der Waals surface area contributed by atoms with E-state index in [0.717, 1.165) is 16.2 Å². The second kappa shape index (κ2) is 7.39. The number of sulfonamides is 1. The second-order valence-electron chi connectivity index (χ2n) is 6.17. The lowest BCUT2D eigenvalue weighted by Crippen LogP contribution is -2.37. The predicted molar refractivity (Wildman–Crippen MR) is 100 cm³/mol. The van der Waals surface area contributed by atoms with E-state index in [9.17, 15) is 23.3 Å². The Morgan fingerprint density at radius 3 is 2.29 bits per heavy atom. The third-order valence-corrected chi connectivity index (χ3v) is 6.14. The molecule has 3 rings (SSSR count). The first-order valence-electron chi connectivity index (χ1n) is 8.21. The summed E-state index contributed by atoms with van der Waals surface area (Å²) in [5, 5.41) is 10.9. The number of benzene rings is 2. The number of nitro groups is 1. The molecule has 2 aromatic rings. The molecule has 0 radical (unpaired) electrons. The SMILES string of the molecule is COC(=O)[C@@H]1N=CN(S(=O)(=O)c2ccc(C)cc2)[C@H]1c1ccc([N+](=O)[O-])cc1. The molecule has 0 N–H and O–H groups in total. The number of aliphatic imine (C=N–C) groups is 1. The largest absolute Gasteiger partial charge is 0.467 e. The van der Waals surface area contributed by atoms with Gasteiger partial charge >= 0.3 is 5.97 Å². The van der Waals surface area contributed by atoms with Crippen LogP contribution in [0.1, 0.15) is 17.2 Å². The number of esters is 1. The van der Waals surface area contributed by atoms with Gasteiger partial charge in [-0.1, -0.05) is 17.7 Å². The van der Waals surface area contributed by atoms with Gasteiger partial charge in [-0.25, -0.2) is 17.5 Å². The summed E-state index contributed by atoms with van der Waals surface area (Å²) < 4.78 is 32.0. The van der Waals surface area contributed by atoms with Crippen LogP contribution in [0.2, 0.25) is 0 Å². The van der Waals surface area contributed by atoms with E-state index in [2.05, 4.69) is 4.99 Å². The van der Waals surface area contributed by atoms with E-state index in [1.807, 2.05) is 6.92 Å². The van der Waals surface area contributed by atoms with Crippen LogP contribution >= 0.6 is 0 Å². The van der Waals surface area contributed by atoms with Gasteiger partial charge in [-0.3, -0.25) is 15.1 Å². The minimum absolute atomic E-state index is 0.0435. The van der Waals surface area contributed by atoms with Crippen molar-refractivity contribution in [3.8, 4) is 0 Å².